The van der Waals surface area contributed by atoms with E-state index in [1.165, 1.54) is 0 Å². The summed E-state index contributed by atoms with van der Waals surface area (Å²) in [5.74, 6) is -3.11. The molecule has 112 valence electrons. The number of carboxylic acids is 1. The van der Waals surface area contributed by atoms with Crippen LogP contribution in [0.1, 0.15) is 37.6 Å². The second-order valence-corrected chi connectivity index (χ2v) is 5.75. The third-order valence-corrected chi connectivity index (χ3v) is 4.16. The maximum Gasteiger partial charge on any atom is 0.337 e. The van der Waals surface area contributed by atoms with Crippen LogP contribution in [0.2, 0.25) is 0 Å². The van der Waals surface area contributed by atoms with Gasteiger partial charge < -0.3 is 5.11 Å². The molecule has 5 nitrogen and oxygen atoms in total. The minimum Gasteiger partial charge on any atom is -0.478 e. The number of hydrogen-bond acceptors (Lipinski definition) is 3. The molecular weight excluding hydrogens is 277 g/mol. The Morgan fingerprint density at radius 2 is 2.00 bits per heavy atom. The Morgan fingerprint density at radius 1 is 1.38 bits per heavy atom. The number of rotatable bonds is 3. The van der Waals surface area contributed by atoms with Crippen LogP contribution in [0.15, 0.2) is 18.2 Å². The Labute approximate surface area is 121 Å². The number of imide groups is 1. The summed E-state index contributed by atoms with van der Waals surface area (Å²) in [6.07, 6.45) is -0.0148. The number of aromatic carboxylic acids is 1. The van der Waals surface area contributed by atoms with E-state index in [4.69, 9.17) is 5.11 Å². The number of anilines is 1. The van der Waals surface area contributed by atoms with Gasteiger partial charge in [-0.1, -0.05) is 13.8 Å². The molecule has 0 radical (unpaired) electrons. The molecule has 1 aliphatic rings. The smallest absolute Gasteiger partial charge is 0.337 e. The third kappa shape index (κ3) is 2.30. The Hall–Kier alpha value is -2.24. The van der Waals surface area contributed by atoms with Gasteiger partial charge in [0.1, 0.15) is 5.82 Å². The molecule has 1 aromatic carbocycles. The summed E-state index contributed by atoms with van der Waals surface area (Å²) in [6.45, 7) is 5.30. The first kappa shape index (κ1) is 15.2. The van der Waals surface area contributed by atoms with E-state index in [0.29, 0.717) is 0 Å². The molecule has 0 aliphatic carbocycles. The van der Waals surface area contributed by atoms with Crippen molar-refractivity contribution in [2.45, 2.75) is 27.2 Å². The van der Waals surface area contributed by atoms with Gasteiger partial charge >= 0.3 is 5.97 Å². The summed E-state index contributed by atoms with van der Waals surface area (Å²) < 4.78 is 13.4. The zero-order chi connectivity index (χ0) is 15.9. The van der Waals surface area contributed by atoms with Crippen molar-refractivity contribution in [3.8, 4) is 0 Å². The van der Waals surface area contributed by atoms with Crippen LogP contribution in [0, 0.1) is 17.2 Å². The molecular formula is C15H16FNO4. The van der Waals surface area contributed by atoms with E-state index in [2.05, 4.69) is 0 Å². The zero-order valence-electron chi connectivity index (χ0n) is 12.0. The minimum absolute atomic E-state index is 0.0148. The van der Waals surface area contributed by atoms with E-state index in [1.807, 2.05) is 13.8 Å². The van der Waals surface area contributed by atoms with E-state index in [1.54, 1.807) is 6.92 Å². The highest BCUT2D eigenvalue weighted by Gasteiger charge is 2.51. The van der Waals surface area contributed by atoms with Crippen LogP contribution in [0.5, 0.6) is 0 Å². The highest BCUT2D eigenvalue weighted by Crippen LogP contribution is 2.42. The predicted octanol–water partition coefficient (Wildman–Crippen LogP) is 2.45. The molecule has 2 amide bonds. The lowest BCUT2D eigenvalue weighted by atomic mass is 9.78. The summed E-state index contributed by atoms with van der Waals surface area (Å²) in [5, 5.41) is 9.16. The van der Waals surface area contributed by atoms with Gasteiger partial charge in [0.05, 0.1) is 16.7 Å². The van der Waals surface area contributed by atoms with Crippen LogP contribution in [-0.4, -0.2) is 22.9 Å². The van der Waals surface area contributed by atoms with E-state index in [9.17, 15) is 18.8 Å². The molecule has 1 N–H and O–H groups in total. The lowest BCUT2D eigenvalue weighted by Gasteiger charge is -2.26. The zero-order valence-corrected chi connectivity index (χ0v) is 12.0. The lowest BCUT2D eigenvalue weighted by Crippen LogP contribution is -2.37. The number of carbonyl (C=O) groups excluding carboxylic acids is 2. The molecule has 21 heavy (non-hydrogen) atoms. The van der Waals surface area contributed by atoms with Gasteiger partial charge in [-0.3, -0.25) is 9.59 Å². The Morgan fingerprint density at radius 3 is 2.48 bits per heavy atom. The molecule has 0 saturated carbocycles. The molecule has 0 aromatic heterocycles. The monoisotopic (exact) mass is 293 g/mol. The molecule has 0 bridgehead atoms. The van der Waals surface area contributed by atoms with Gasteiger partial charge in [-0.2, -0.15) is 0 Å². The van der Waals surface area contributed by atoms with E-state index in [0.717, 1.165) is 23.1 Å². The Balaban J connectivity index is 2.58. The second-order valence-electron chi connectivity index (χ2n) is 5.75. The highest BCUT2D eigenvalue weighted by molar-refractivity contribution is 6.24. The first-order valence-electron chi connectivity index (χ1n) is 6.58. The van der Waals surface area contributed by atoms with Gasteiger partial charge in [0.25, 0.3) is 0 Å². The van der Waals surface area contributed by atoms with Crippen molar-refractivity contribution >= 4 is 23.5 Å². The van der Waals surface area contributed by atoms with Crippen LogP contribution in [0.4, 0.5) is 10.1 Å². The average Bonchev–Trinajstić information content (AvgIpc) is 2.60. The number of amides is 2. The van der Waals surface area contributed by atoms with E-state index < -0.39 is 29.0 Å². The van der Waals surface area contributed by atoms with Crippen molar-refractivity contribution in [2.24, 2.45) is 11.3 Å². The Bertz CT molecular complexity index is 641. The normalized spacial score (nSPS) is 22.2. The van der Waals surface area contributed by atoms with Gasteiger partial charge in [0.2, 0.25) is 11.8 Å². The summed E-state index contributed by atoms with van der Waals surface area (Å²) in [4.78, 5) is 36.8. The van der Waals surface area contributed by atoms with Crippen LogP contribution >= 0.6 is 0 Å². The van der Waals surface area contributed by atoms with Crippen LogP contribution in [-0.2, 0) is 9.59 Å². The first-order chi connectivity index (χ1) is 9.68. The van der Waals surface area contributed by atoms with Crippen molar-refractivity contribution < 1.29 is 23.9 Å². The fraction of sp³-hybridized carbons (Fsp3) is 0.400. The summed E-state index contributed by atoms with van der Waals surface area (Å²) in [7, 11) is 0. The Kier molecular flexibility index (Phi) is 3.57. The molecule has 6 heteroatoms. The number of benzene rings is 1. The number of nitrogens with zero attached hydrogens (tertiary/aromatic N) is 1. The minimum atomic E-state index is -1.32. The van der Waals surface area contributed by atoms with Gasteiger partial charge in [0.15, 0.2) is 0 Å². The van der Waals surface area contributed by atoms with Crippen LogP contribution in [0.25, 0.3) is 0 Å². The SMILES string of the molecule is CC(C)C1(C)CC(=O)N(c2cc(F)ccc2C(=O)O)C1=O. The van der Waals surface area contributed by atoms with Gasteiger partial charge in [-0.25, -0.2) is 14.1 Å². The van der Waals surface area contributed by atoms with Gasteiger partial charge in [-0.15, -0.1) is 0 Å². The molecule has 1 unspecified atom stereocenters. The molecule has 1 fully saturated rings. The third-order valence-electron chi connectivity index (χ3n) is 4.16. The van der Waals surface area contributed by atoms with Crippen LogP contribution < -0.4 is 4.90 Å². The predicted molar refractivity (Wildman–Crippen MR) is 73.4 cm³/mol. The second kappa shape index (κ2) is 4.95. The van der Waals surface area contributed by atoms with Crippen molar-refractivity contribution in [3.63, 3.8) is 0 Å². The first-order valence-corrected chi connectivity index (χ1v) is 6.58. The summed E-state index contributed by atoms with van der Waals surface area (Å²) in [5.41, 5.74) is -1.38. The number of hydrogen-bond donors (Lipinski definition) is 1. The molecule has 1 saturated heterocycles. The molecule has 1 heterocycles. The maximum atomic E-state index is 13.4. The van der Waals surface area contributed by atoms with Gasteiger partial charge in [-0.05, 0) is 31.0 Å². The average molecular weight is 293 g/mol. The number of carboxylic acid groups (broad SMARTS) is 1. The van der Waals surface area contributed by atoms with Crippen molar-refractivity contribution in [1.29, 1.82) is 0 Å². The van der Waals surface area contributed by atoms with Crippen molar-refractivity contribution in [3.05, 3.63) is 29.6 Å². The molecule has 1 atom stereocenters. The van der Waals surface area contributed by atoms with Crippen molar-refractivity contribution in [2.75, 3.05) is 4.90 Å². The maximum absolute atomic E-state index is 13.4. The summed E-state index contributed by atoms with van der Waals surface area (Å²) >= 11 is 0. The fourth-order valence-electron chi connectivity index (χ4n) is 2.40. The van der Waals surface area contributed by atoms with Crippen molar-refractivity contribution in [1.82, 2.24) is 0 Å². The quantitative estimate of drug-likeness (QED) is 0.869. The fourth-order valence-corrected chi connectivity index (χ4v) is 2.40. The molecule has 2 rings (SSSR count). The molecule has 0 spiro atoms. The standard InChI is InChI=1S/C15H16FNO4/c1-8(2)15(3)7-12(18)17(14(15)21)11-6-9(16)4-5-10(11)13(19)20/h4-6,8H,7H2,1-3H3,(H,19,20). The highest BCUT2D eigenvalue weighted by atomic mass is 19.1. The van der Waals surface area contributed by atoms with E-state index >= 15 is 0 Å². The van der Waals surface area contributed by atoms with E-state index in [-0.39, 0.29) is 23.6 Å². The number of halogens is 1. The summed E-state index contributed by atoms with van der Waals surface area (Å²) in [6, 6.07) is 2.95. The molecule has 1 aliphatic heterocycles. The largest absolute Gasteiger partial charge is 0.478 e. The molecule has 1 aromatic rings. The lowest BCUT2D eigenvalue weighted by molar-refractivity contribution is -0.126. The van der Waals surface area contributed by atoms with Gasteiger partial charge in [0, 0.05) is 6.42 Å². The topological polar surface area (TPSA) is 74.7 Å². The van der Waals surface area contributed by atoms with Crippen LogP contribution in [0.3, 0.4) is 0 Å². The number of carbonyl (C=O) groups is 3.